The van der Waals surface area contributed by atoms with Crippen molar-refractivity contribution in [1.82, 2.24) is 5.32 Å². The SMILES string of the molecule is O=C(Cc1ccc([N+](=O)[O-])cc1)NC1CCC(CO)CC1. The Bertz CT molecular complexity index is 493. The molecule has 1 amide bonds. The van der Waals surface area contributed by atoms with Gasteiger partial charge in [0, 0.05) is 24.8 Å². The van der Waals surface area contributed by atoms with Gasteiger partial charge < -0.3 is 10.4 Å². The lowest BCUT2D eigenvalue weighted by Crippen LogP contribution is -2.38. The van der Waals surface area contributed by atoms with Crippen molar-refractivity contribution in [2.75, 3.05) is 6.61 Å². The van der Waals surface area contributed by atoms with E-state index in [1.165, 1.54) is 12.1 Å². The highest BCUT2D eigenvalue weighted by atomic mass is 16.6. The fraction of sp³-hybridized carbons (Fsp3) is 0.533. The second-order valence-electron chi connectivity index (χ2n) is 5.57. The highest BCUT2D eigenvalue weighted by Crippen LogP contribution is 2.23. The van der Waals surface area contributed by atoms with E-state index in [1.54, 1.807) is 12.1 Å². The summed E-state index contributed by atoms with van der Waals surface area (Å²) in [5.74, 6) is 0.309. The summed E-state index contributed by atoms with van der Waals surface area (Å²) in [6, 6.07) is 6.23. The molecule has 0 unspecified atom stereocenters. The zero-order valence-corrected chi connectivity index (χ0v) is 11.8. The molecule has 2 N–H and O–H groups in total. The Labute approximate surface area is 123 Å². The van der Waals surface area contributed by atoms with Crippen LogP contribution in [0.25, 0.3) is 0 Å². The summed E-state index contributed by atoms with van der Waals surface area (Å²) >= 11 is 0. The van der Waals surface area contributed by atoms with Crippen molar-refractivity contribution in [3.63, 3.8) is 0 Å². The van der Waals surface area contributed by atoms with Crippen LogP contribution in [0.2, 0.25) is 0 Å². The first-order chi connectivity index (χ1) is 10.1. The van der Waals surface area contributed by atoms with Crippen molar-refractivity contribution in [1.29, 1.82) is 0 Å². The number of rotatable bonds is 5. The molecule has 1 aliphatic rings. The molecule has 1 aliphatic carbocycles. The molecule has 21 heavy (non-hydrogen) atoms. The van der Waals surface area contributed by atoms with Crippen LogP contribution in [0.5, 0.6) is 0 Å². The standard InChI is InChI=1S/C15H20N2O4/c18-10-12-1-5-13(6-2-12)16-15(19)9-11-3-7-14(8-4-11)17(20)21/h3-4,7-8,12-13,18H,1-2,5-6,9-10H2,(H,16,19). The maximum absolute atomic E-state index is 12.0. The third kappa shape index (κ3) is 4.53. The van der Waals surface area contributed by atoms with E-state index in [0.29, 0.717) is 5.92 Å². The fourth-order valence-electron chi connectivity index (χ4n) is 2.69. The minimum atomic E-state index is -0.455. The number of hydrogen-bond acceptors (Lipinski definition) is 4. The van der Waals surface area contributed by atoms with Gasteiger partial charge in [-0.3, -0.25) is 14.9 Å². The predicted octanol–water partition coefficient (Wildman–Crippen LogP) is 1.80. The second kappa shape index (κ2) is 7.17. The minimum absolute atomic E-state index is 0.0292. The largest absolute Gasteiger partial charge is 0.396 e. The molecule has 114 valence electrons. The van der Waals surface area contributed by atoms with E-state index in [1.807, 2.05) is 0 Å². The number of nitrogens with one attached hydrogen (secondary N) is 1. The van der Waals surface area contributed by atoms with Crippen molar-refractivity contribution in [2.24, 2.45) is 5.92 Å². The maximum Gasteiger partial charge on any atom is 0.269 e. The molecule has 1 aromatic carbocycles. The first kappa shape index (κ1) is 15.4. The summed E-state index contributed by atoms with van der Waals surface area (Å²) in [5.41, 5.74) is 0.795. The molecule has 0 spiro atoms. The van der Waals surface area contributed by atoms with Gasteiger partial charge in [0.1, 0.15) is 0 Å². The zero-order chi connectivity index (χ0) is 15.2. The highest BCUT2D eigenvalue weighted by Gasteiger charge is 2.21. The van der Waals surface area contributed by atoms with Gasteiger partial charge in [-0.15, -0.1) is 0 Å². The third-order valence-electron chi connectivity index (χ3n) is 3.98. The normalized spacial score (nSPS) is 21.8. The van der Waals surface area contributed by atoms with Crippen molar-refractivity contribution >= 4 is 11.6 Å². The predicted molar refractivity (Wildman–Crippen MR) is 77.8 cm³/mol. The molecule has 2 rings (SSSR count). The Morgan fingerprint density at radius 1 is 1.24 bits per heavy atom. The number of amides is 1. The molecule has 0 radical (unpaired) electrons. The number of aliphatic hydroxyl groups excluding tert-OH is 1. The van der Waals surface area contributed by atoms with E-state index >= 15 is 0 Å². The number of aliphatic hydroxyl groups is 1. The van der Waals surface area contributed by atoms with Crippen LogP contribution in [0, 0.1) is 16.0 Å². The third-order valence-corrected chi connectivity index (χ3v) is 3.98. The van der Waals surface area contributed by atoms with E-state index in [-0.39, 0.29) is 30.7 Å². The monoisotopic (exact) mass is 292 g/mol. The number of nitrogens with zero attached hydrogens (tertiary/aromatic N) is 1. The van der Waals surface area contributed by atoms with Gasteiger partial charge in [0.15, 0.2) is 0 Å². The number of carbonyl (C=O) groups is 1. The topological polar surface area (TPSA) is 92.5 Å². The summed E-state index contributed by atoms with van der Waals surface area (Å²) in [6.07, 6.45) is 3.92. The van der Waals surface area contributed by atoms with E-state index in [0.717, 1.165) is 31.2 Å². The number of benzene rings is 1. The summed E-state index contributed by atoms with van der Waals surface area (Å²) in [6.45, 7) is 0.226. The van der Waals surface area contributed by atoms with Crippen molar-refractivity contribution in [2.45, 2.75) is 38.1 Å². The van der Waals surface area contributed by atoms with Crippen LogP contribution < -0.4 is 5.32 Å². The van der Waals surface area contributed by atoms with Crippen molar-refractivity contribution in [3.8, 4) is 0 Å². The molecule has 6 heteroatoms. The number of carbonyl (C=O) groups excluding carboxylic acids is 1. The molecule has 0 aromatic heterocycles. The van der Waals surface area contributed by atoms with Crippen LogP contribution in [0.15, 0.2) is 24.3 Å². The molecule has 0 aliphatic heterocycles. The van der Waals surface area contributed by atoms with Crippen molar-refractivity contribution in [3.05, 3.63) is 39.9 Å². The molecule has 6 nitrogen and oxygen atoms in total. The van der Waals surface area contributed by atoms with E-state index in [9.17, 15) is 14.9 Å². The average molecular weight is 292 g/mol. The van der Waals surface area contributed by atoms with Crippen LogP contribution in [0.1, 0.15) is 31.2 Å². The summed E-state index contributed by atoms with van der Waals surface area (Å²) in [5, 5.41) is 22.6. The molecule has 0 saturated heterocycles. The Hall–Kier alpha value is -1.95. The van der Waals surface area contributed by atoms with Crippen LogP contribution in [0.4, 0.5) is 5.69 Å². The van der Waals surface area contributed by atoms with Crippen LogP contribution in [-0.4, -0.2) is 28.6 Å². The van der Waals surface area contributed by atoms with Gasteiger partial charge in [0.2, 0.25) is 5.91 Å². The second-order valence-corrected chi connectivity index (χ2v) is 5.57. The van der Waals surface area contributed by atoms with Crippen LogP contribution in [-0.2, 0) is 11.2 Å². The Kier molecular flexibility index (Phi) is 5.27. The molecule has 1 saturated carbocycles. The zero-order valence-electron chi connectivity index (χ0n) is 11.8. The number of nitro groups is 1. The number of non-ortho nitro benzene ring substituents is 1. The number of nitro benzene ring substituents is 1. The minimum Gasteiger partial charge on any atom is -0.396 e. The lowest BCUT2D eigenvalue weighted by atomic mass is 9.86. The lowest BCUT2D eigenvalue weighted by molar-refractivity contribution is -0.384. The van der Waals surface area contributed by atoms with Gasteiger partial charge in [-0.25, -0.2) is 0 Å². The molecule has 1 fully saturated rings. The summed E-state index contributed by atoms with van der Waals surface area (Å²) < 4.78 is 0. The van der Waals surface area contributed by atoms with Crippen LogP contribution >= 0.6 is 0 Å². The first-order valence-electron chi connectivity index (χ1n) is 7.22. The summed E-state index contributed by atoms with van der Waals surface area (Å²) in [4.78, 5) is 22.1. The maximum atomic E-state index is 12.0. The average Bonchev–Trinajstić information content (AvgIpc) is 2.48. The van der Waals surface area contributed by atoms with E-state index in [4.69, 9.17) is 5.11 Å². The smallest absolute Gasteiger partial charge is 0.269 e. The van der Waals surface area contributed by atoms with Gasteiger partial charge in [-0.05, 0) is 37.2 Å². The molecule has 0 atom stereocenters. The van der Waals surface area contributed by atoms with E-state index < -0.39 is 4.92 Å². The van der Waals surface area contributed by atoms with Gasteiger partial charge in [-0.1, -0.05) is 12.1 Å². The number of hydrogen-bond donors (Lipinski definition) is 2. The Balaban J connectivity index is 1.80. The van der Waals surface area contributed by atoms with Gasteiger partial charge in [0.05, 0.1) is 11.3 Å². The Morgan fingerprint density at radius 2 is 1.86 bits per heavy atom. The highest BCUT2D eigenvalue weighted by molar-refractivity contribution is 5.78. The van der Waals surface area contributed by atoms with Crippen molar-refractivity contribution < 1.29 is 14.8 Å². The molecule has 0 bridgehead atoms. The van der Waals surface area contributed by atoms with Gasteiger partial charge in [0.25, 0.3) is 5.69 Å². The molecular formula is C15H20N2O4. The van der Waals surface area contributed by atoms with E-state index in [2.05, 4.69) is 5.32 Å². The lowest BCUT2D eigenvalue weighted by Gasteiger charge is -2.27. The van der Waals surface area contributed by atoms with Gasteiger partial charge >= 0.3 is 0 Å². The molecule has 0 heterocycles. The fourth-order valence-corrected chi connectivity index (χ4v) is 2.69. The van der Waals surface area contributed by atoms with Crippen LogP contribution in [0.3, 0.4) is 0 Å². The molecule has 1 aromatic rings. The molecular weight excluding hydrogens is 272 g/mol. The first-order valence-corrected chi connectivity index (χ1v) is 7.22. The Morgan fingerprint density at radius 3 is 2.38 bits per heavy atom. The summed E-state index contributed by atoms with van der Waals surface area (Å²) in [7, 11) is 0. The van der Waals surface area contributed by atoms with Gasteiger partial charge in [-0.2, -0.15) is 0 Å². The quantitative estimate of drug-likeness (QED) is 0.639.